The Labute approximate surface area is 101 Å². The Kier molecular flexibility index (Phi) is 5.56. The van der Waals surface area contributed by atoms with Crippen LogP contribution in [0.5, 0.6) is 0 Å². The molecule has 1 rings (SSSR count). The van der Waals surface area contributed by atoms with Gasteiger partial charge in [-0.1, -0.05) is 32.0 Å². The predicted molar refractivity (Wildman–Crippen MR) is 67.6 cm³/mol. The van der Waals surface area contributed by atoms with Crippen molar-refractivity contribution in [2.45, 2.75) is 37.2 Å². The maximum atomic E-state index is 11.9. The van der Waals surface area contributed by atoms with Gasteiger partial charge in [0, 0.05) is 16.9 Å². The van der Waals surface area contributed by atoms with Gasteiger partial charge in [0.05, 0.1) is 5.66 Å². The molecule has 0 aliphatic heterocycles. The molecule has 0 saturated carbocycles. The van der Waals surface area contributed by atoms with Crippen molar-refractivity contribution in [3.05, 3.63) is 30.3 Å². The molecule has 5 heteroatoms. The van der Waals surface area contributed by atoms with Gasteiger partial charge in [-0.15, -0.1) is 0 Å². The van der Waals surface area contributed by atoms with Crippen LogP contribution in [0.1, 0.15) is 26.7 Å². The molecule has 1 N–H and O–H groups in total. The summed E-state index contributed by atoms with van der Waals surface area (Å²) in [5.74, 6) is 0. The van der Waals surface area contributed by atoms with Crippen molar-refractivity contribution in [2.75, 3.05) is 0 Å². The molecule has 0 bridgehead atoms. The minimum absolute atomic E-state index is 0.274. The molecule has 1 aromatic carbocycles. The molecule has 16 heavy (non-hydrogen) atoms. The largest absolute Gasteiger partial charge is 0.342 e. The molecule has 0 fully saturated rings. The maximum absolute atomic E-state index is 11.9. The number of rotatable bonds is 6. The molecule has 1 atom stereocenters. The molecule has 1 aromatic rings. The molecule has 0 aliphatic rings. The van der Waals surface area contributed by atoms with Gasteiger partial charge in [0.25, 0.3) is 0 Å². The molecular formula is C11H17O3PS. The highest BCUT2D eigenvalue weighted by molar-refractivity contribution is 7.98. The molecule has 0 saturated heterocycles. The highest BCUT2D eigenvalue weighted by Gasteiger charge is 2.30. The second kappa shape index (κ2) is 6.45. The van der Waals surface area contributed by atoms with Crippen molar-refractivity contribution in [2.24, 2.45) is 0 Å². The van der Waals surface area contributed by atoms with Gasteiger partial charge in [-0.2, -0.15) is 0 Å². The molecule has 3 nitrogen and oxygen atoms in total. The standard InChI is InChI=1S/C11H17O3PS/c1-3-10(4-2)15(12,13)14-16-11-8-6-5-7-9-11/h5-10H,3-4H2,1-2H3,(H,12,13)/i11+1. The minimum Gasteiger partial charge on any atom is -0.323 e. The highest BCUT2D eigenvalue weighted by atomic mass is 32.2. The third kappa shape index (κ3) is 3.95. The first-order valence-corrected chi connectivity index (χ1v) is 7.72. The summed E-state index contributed by atoms with van der Waals surface area (Å²) in [4.78, 5) is 10.6. The molecule has 0 radical (unpaired) electrons. The summed E-state index contributed by atoms with van der Waals surface area (Å²) in [5, 5.41) is 0. The van der Waals surface area contributed by atoms with Crippen molar-refractivity contribution in [3.8, 4) is 0 Å². The van der Waals surface area contributed by atoms with E-state index in [1.54, 1.807) is 0 Å². The fourth-order valence-electron chi connectivity index (χ4n) is 1.38. The highest BCUT2D eigenvalue weighted by Crippen LogP contribution is 2.54. The Bertz CT molecular complexity index is 352. The topological polar surface area (TPSA) is 46.5 Å². The smallest absolute Gasteiger partial charge is 0.323 e. The average molecular weight is 261 g/mol. The summed E-state index contributed by atoms with van der Waals surface area (Å²) in [6, 6.07) is 9.31. The Morgan fingerprint density at radius 3 is 2.38 bits per heavy atom. The lowest BCUT2D eigenvalue weighted by Gasteiger charge is -2.18. The summed E-state index contributed by atoms with van der Waals surface area (Å²) in [7, 11) is -3.51. The second-order valence-corrected chi connectivity index (χ2v) is 6.60. The van der Waals surface area contributed by atoms with Crippen LogP contribution in [0.4, 0.5) is 0 Å². The second-order valence-electron chi connectivity index (χ2n) is 3.51. The first kappa shape index (κ1) is 13.8. The predicted octanol–water partition coefficient (Wildman–Crippen LogP) is 4.08. The fraction of sp³-hybridized carbons (Fsp3) is 0.455. The number of hydrogen-bond donors (Lipinski definition) is 1. The summed E-state index contributed by atoms with van der Waals surface area (Å²) in [6.45, 7) is 3.79. The van der Waals surface area contributed by atoms with Crippen LogP contribution in [0.2, 0.25) is 0 Å². The maximum Gasteiger partial charge on any atom is 0.342 e. The van der Waals surface area contributed by atoms with Gasteiger partial charge in [0.2, 0.25) is 0 Å². The van der Waals surface area contributed by atoms with E-state index in [0.29, 0.717) is 12.8 Å². The Morgan fingerprint density at radius 1 is 1.31 bits per heavy atom. The van der Waals surface area contributed by atoms with Crippen molar-refractivity contribution >= 4 is 19.6 Å². The Hall–Kier alpha value is -0.280. The Balaban J connectivity index is 2.57. The normalized spacial score (nSPS) is 15.0. The number of benzene rings is 1. The van der Waals surface area contributed by atoms with Crippen molar-refractivity contribution in [1.82, 2.24) is 0 Å². The van der Waals surface area contributed by atoms with Crippen LogP contribution in [0.15, 0.2) is 35.2 Å². The first-order chi connectivity index (χ1) is 7.60. The van der Waals surface area contributed by atoms with Crippen molar-refractivity contribution < 1.29 is 13.4 Å². The van der Waals surface area contributed by atoms with E-state index < -0.39 is 7.60 Å². The zero-order valence-corrected chi connectivity index (χ0v) is 11.2. The van der Waals surface area contributed by atoms with Gasteiger partial charge >= 0.3 is 7.60 Å². The minimum atomic E-state index is -3.51. The van der Waals surface area contributed by atoms with E-state index in [2.05, 4.69) is 0 Å². The lowest BCUT2D eigenvalue weighted by atomic mass is 10.3. The van der Waals surface area contributed by atoms with Crippen LogP contribution < -0.4 is 0 Å². The summed E-state index contributed by atoms with van der Waals surface area (Å²) >= 11 is 0.973. The molecular weight excluding hydrogens is 244 g/mol. The zero-order chi connectivity index (χ0) is 12.0. The van der Waals surface area contributed by atoms with E-state index >= 15 is 0 Å². The SMILES string of the molecule is CCC(CC)P(=O)(O)OS[13c]1ccccc1. The monoisotopic (exact) mass is 261 g/mol. The van der Waals surface area contributed by atoms with E-state index in [-0.39, 0.29) is 5.66 Å². The third-order valence-electron chi connectivity index (χ3n) is 2.39. The van der Waals surface area contributed by atoms with Crippen molar-refractivity contribution in [1.29, 1.82) is 0 Å². The Morgan fingerprint density at radius 2 is 1.88 bits per heavy atom. The molecule has 0 amide bonds. The van der Waals surface area contributed by atoms with E-state index in [4.69, 9.17) is 3.97 Å². The lowest BCUT2D eigenvalue weighted by Crippen LogP contribution is -2.05. The molecule has 1 unspecified atom stereocenters. The number of hydrogen-bond acceptors (Lipinski definition) is 3. The van der Waals surface area contributed by atoms with Gasteiger partial charge in [-0.25, -0.2) is 3.97 Å². The third-order valence-corrected chi connectivity index (χ3v) is 5.66. The van der Waals surface area contributed by atoms with Gasteiger partial charge < -0.3 is 4.89 Å². The molecule has 0 heterocycles. The molecule has 0 aliphatic carbocycles. The first-order valence-electron chi connectivity index (χ1n) is 5.34. The summed E-state index contributed by atoms with van der Waals surface area (Å²) in [6.07, 6.45) is 1.30. The zero-order valence-electron chi connectivity index (χ0n) is 9.50. The van der Waals surface area contributed by atoms with E-state index in [1.165, 1.54) is 0 Å². The van der Waals surface area contributed by atoms with Crippen LogP contribution in [-0.4, -0.2) is 10.6 Å². The summed E-state index contributed by atoms with van der Waals surface area (Å²) in [5.41, 5.74) is -0.274. The lowest BCUT2D eigenvalue weighted by molar-refractivity contribution is 0.380. The van der Waals surface area contributed by atoms with Crippen LogP contribution >= 0.6 is 19.6 Å². The van der Waals surface area contributed by atoms with Gasteiger partial charge in [0.1, 0.15) is 0 Å². The van der Waals surface area contributed by atoms with E-state index in [1.807, 2.05) is 44.2 Å². The van der Waals surface area contributed by atoms with E-state index in [9.17, 15) is 9.46 Å². The van der Waals surface area contributed by atoms with Gasteiger partial charge in [0.15, 0.2) is 0 Å². The van der Waals surface area contributed by atoms with Crippen LogP contribution in [0.25, 0.3) is 0 Å². The fourth-order valence-corrected chi connectivity index (χ4v) is 3.83. The average Bonchev–Trinajstić information content (AvgIpc) is 2.29. The van der Waals surface area contributed by atoms with Gasteiger partial charge in [-0.05, 0) is 25.0 Å². The van der Waals surface area contributed by atoms with Crippen LogP contribution in [-0.2, 0) is 8.54 Å². The van der Waals surface area contributed by atoms with Crippen LogP contribution in [0.3, 0.4) is 0 Å². The quantitative estimate of drug-likeness (QED) is 0.619. The molecule has 0 aromatic heterocycles. The van der Waals surface area contributed by atoms with Crippen molar-refractivity contribution in [3.63, 3.8) is 0 Å². The van der Waals surface area contributed by atoms with Crippen LogP contribution in [0, 0.1) is 0 Å². The molecule has 0 spiro atoms. The van der Waals surface area contributed by atoms with Gasteiger partial charge in [-0.3, -0.25) is 4.57 Å². The molecule has 90 valence electrons. The van der Waals surface area contributed by atoms with E-state index in [0.717, 1.165) is 16.9 Å². The summed E-state index contributed by atoms with van der Waals surface area (Å²) < 4.78 is 16.9.